The molecule has 0 bridgehead atoms. The number of anilines is 1. The van der Waals surface area contributed by atoms with E-state index >= 15 is 0 Å². The summed E-state index contributed by atoms with van der Waals surface area (Å²) in [5.41, 5.74) is 1.41. The number of ether oxygens (including phenoxy) is 2. The van der Waals surface area contributed by atoms with Gasteiger partial charge in [0.05, 0.1) is 17.8 Å². The minimum absolute atomic E-state index is 0.0584. The lowest BCUT2D eigenvalue weighted by atomic mass is 10.1. The number of aromatic nitrogens is 3. The van der Waals surface area contributed by atoms with Crippen LogP contribution in [0, 0.1) is 18.3 Å². The van der Waals surface area contributed by atoms with Gasteiger partial charge in [0, 0.05) is 5.38 Å². The van der Waals surface area contributed by atoms with Gasteiger partial charge in [-0.2, -0.15) is 5.26 Å². The van der Waals surface area contributed by atoms with Crippen LogP contribution in [-0.4, -0.2) is 28.2 Å². The summed E-state index contributed by atoms with van der Waals surface area (Å²) >= 11 is 2.84. The zero-order chi connectivity index (χ0) is 21.5. The molecule has 0 unspecified atom stereocenters. The molecule has 2 heterocycles. The zero-order valence-corrected chi connectivity index (χ0v) is 18.3. The van der Waals surface area contributed by atoms with E-state index in [9.17, 15) is 10.1 Å². The predicted octanol–water partition coefficient (Wildman–Crippen LogP) is 4.00. The molecule has 3 aromatic rings. The van der Waals surface area contributed by atoms with Gasteiger partial charge in [-0.1, -0.05) is 24.3 Å². The Kier molecular flexibility index (Phi) is 7.11. The van der Waals surface area contributed by atoms with Crippen LogP contribution in [-0.2, 0) is 17.8 Å². The number of carbonyl (C=O) groups excluding carboxylic acids is 1. The van der Waals surface area contributed by atoms with Crippen molar-refractivity contribution in [3.63, 3.8) is 0 Å². The topological polar surface area (TPSA) is 110 Å². The SMILES string of the molecule is CCc1nnc(NC(=O)C(C#N)=Cc2ccc(OCc3csc(C)n3)c(OC)c2)s1. The molecular formula is C20H19N5O3S2. The highest BCUT2D eigenvalue weighted by molar-refractivity contribution is 7.15. The third-order valence-corrected chi connectivity index (χ3v) is 5.70. The number of rotatable bonds is 8. The number of methoxy groups -OCH3 is 1. The highest BCUT2D eigenvalue weighted by Crippen LogP contribution is 2.30. The maximum Gasteiger partial charge on any atom is 0.268 e. The van der Waals surface area contributed by atoms with Crippen molar-refractivity contribution in [3.05, 3.63) is 50.4 Å². The van der Waals surface area contributed by atoms with Crippen molar-refractivity contribution in [2.45, 2.75) is 26.9 Å². The Morgan fingerprint density at radius 1 is 1.33 bits per heavy atom. The first kappa shape index (κ1) is 21.4. The van der Waals surface area contributed by atoms with E-state index in [1.54, 1.807) is 29.5 Å². The third kappa shape index (κ3) is 5.40. The molecule has 0 spiro atoms. The molecule has 0 aliphatic carbocycles. The maximum absolute atomic E-state index is 12.4. The van der Waals surface area contributed by atoms with E-state index < -0.39 is 5.91 Å². The summed E-state index contributed by atoms with van der Waals surface area (Å²) in [5, 5.41) is 23.9. The van der Waals surface area contributed by atoms with Crippen molar-refractivity contribution in [1.29, 1.82) is 5.26 Å². The van der Waals surface area contributed by atoms with Gasteiger partial charge >= 0.3 is 0 Å². The van der Waals surface area contributed by atoms with E-state index in [0.717, 1.165) is 22.1 Å². The zero-order valence-electron chi connectivity index (χ0n) is 16.6. The molecular weight excluding hydrogens is 422 g/mol. The summed E-state index contributed by atoms with van der Waals surface area (Å²) in [6.07, 6.45) is 2.21. The van der Waals surface area contributed by atoms with Crippen LogP contribution in [0.5, 0.6) is 11.5 Å². The molecule has 3 rings (SSSR count). The van der Waals surface area contributed by atoms with Crippen LogP contribution < -0.4 is 14.8 Å². The second-order valence-corrected chi connectivity index (χ2v) is 8.16. The highest BCUT2D eigenvalue weighted by atomic mass is 32.1. The van der Waals surface area contributed by atoms with Gasteiger partial charge in [-0.05, 0) is 37.1 Å². The standard InChI is InChI=1S/C20H19N5O3S2/c1-4-18-24-25-20(30-18)23-19(26)14(9-21)7-13-5-6-16(17(8-13)27-3)28-10-15-11-29-12(2)22-15/h5-8,11H,4,10H2,1-3H3,(H,23,25,26). The van der Waals surface area contributed by atoms with Crippen molar-refractivity contribution in [3.8, 4) is 17.6 Å². The quantitative estimate of drug-likeness (QED) is 0.415. The lowest BCUT2D eigenvalue weighted by molar-refractivity contribution is -0.112. The number of aryl methyl sites for hydroxylation is 2. The van der Waals surface area contributed by atoms with Gasteiger partial charge in [-0.3, -0.25) is 10.1 Å². The first-order valence-corrected chi connectivity index (χ1v) is 10.7. The molecule has 0 radical (unpaired) electrons. The van der Waals surface area contributed by atoms with Crippen molar-refractivity contribution < 1.29 is 14.3 Å². The largest absolute Gasteiger partial charge is 0.493 e. The molecule has 0 atom stereocenters. The van der Waals surface area contributed by atoms with Crippen LogP contribution >= 0.6 is 22.7 Å². The fourth-order valence-corrected chi connectivity index (χ4v) is 3.72. The summed E-state index contributed by atoms with van der Waals surface area (Å²) in [7, 11) is 1.53. The number of nitrogens with one attached hydrogen (secondary N) is 1. The normalized spacial score (nSPS) is 11.1. The molecule has 1 amide bonds. The Balaban J connectivity index is 1.73. The number of amides is 1. The van der Waals surface area contributed by atoms with Crippen molar-refractivity contribution >= 4 is 39.8 Å². The predicted molar refractivity (Wildman–Crippen MR) is 116 cm³/mol. The Morgan fingerprint density at radius 3 is 2.80 bits per heavy atom. The number of thiazole rings is 1. The molecule has 8 nitrogen and oxygen atoms in total. The lowest BCUT2D eigenvalue weighted by Crippen LogP contribution is -2.13. The van der Waals surface area contributed by atoms with Gasteiger partial charge < -0.3 is 9.47 Å². The summed E-state index contributed by atoms with van der Waals surface area (Å²) in [5.74, 6) is 0.490. The highest BCUT2D eigenvalue weighted by Gasteiger charge is 2.14. The van der Waals surface area contributed by atoms with Crippen LogP contribution in [0.25, 0.3) is 6.08 Å². The Hall–Kier alpha value is -3.29. The molecule has 1 N–H and O–H groups in total. The molecule has 154 valence electrons. The van der Waals surface area contributed by atoms with Gasteiger partial charge in [0.15, 0.2) is 11.5 Å². The van der Waals surface area contributed by atoms with E-state index in [1.807, 2.05) is 25.3 Å². The fourth-order valence-electron chi connectivity index (χ4n) is 2.45. The van der Waals surface area contributed by atoms with E-state index in [-0.39, 0.29) is 5.57 Å². The molecule has 10 heteroatoms. The summed E-state index contributed by atoms with van der Waals surface area (Å²) in [6.45, 7) is 4.21. The van der Waals surface area contributed by atoms with Gasteiger partial charge in [0.25, 0.3) is 5.91 Å². The van der Waals surface area contributed by atoms with Crippen molar-refractivity contribution in [1.82, 2.24) is 15.2 Å². The summed E-state index contributed by atoms with van der Waals surface area (Å²) in [6, 6.07) is 7.10. The Morgan fingerprint density at radius 2 is 2.17 bits per heavy atom. The Labute approximate surface area is 181 Å². The summed E-state index contributed by atoms with van der Waals surface area (Å²) in [4.78, 5) is 16.8. The van der Waals surface area contributed by atoms with E-state index in [0.29, 0.717) is 28.8 Å². The number of hydrogen-bond donors (Lipinski definition) is 1. The fraction of sp³-hybridized carbons (Fsp3) is 0.250. The van der Waals surface area contributed by atoms with Gasteiger partial charge in [0.1, 0.15) is 23.3 Å². The first-order valence-electron chi connectivity index (χ1n) is 8.99. The number of carbonyl (C=O) groups is 1. The summed E-state index contributed by atoms with van der Waals surface area (Å²) < 4.78 is 11.2. The molecule has 0 saturated carbocycles. The minimum atomic E-state index is -0.547. The van der Waals surface area contributed by atoms with Gasteiger partial charge in [-0.15, -0.1) is 21.5 Å². The van der Waals surface area contributed by atoms with Crippen LogP contribution in [0.2, 0.25) is 0 Å². The first-order chi connectivity index (χ1) is 14.5. The average Bonchev–Trinajstić information content (AvgIpc) is 3.39. The number of benzene rings is 1. The molecule has 0 aliphatic heterocycles. The molecule has 0 aliphatic rings. The molecule has 30 heavy (non-hydrogen) atoms. The molecule has 0 fully saturated rings. The maximum atomic E-state index is 12.4. The third-order valence-electron chi connectivity index (χ3n) is 3.90. The second kappa shape index (κ2) is 9.96. The van der Waals surface area contributed by atoms with E-state index in [4.69, 9.17) is 9.47 Å². The lowest BCUT2D eigenvalue weighted by Gasteiger charge is -2.10. The van der Waals surface area contributed by atoms with E-state index in [1.165, 1.54) is 24.5 Å². The molecule has 2 aromatic heterocycles. The second-order valence-electron chi connectivity index (χ2n) is 6.04. The van der Waals surface area contributed by atoms with E-state index in [2.05, 4.69) is 20.5 Å². The molecule has 1 aromatic carbocycles. The smallest absolute Gasteiger partial charge is 0.268 e. The van der Waals surface area contributed by atoms with Crippen LogP contribution in [0.4, 0.5) is 5.13 Å². The van der Waals surface area contributed by atoms with Crippen LogP contribution in [0.3, 0.4) is 0 Å². The number of nitriles is 1. The monoisotopic (exact) mass is 441 g/mol. The Bertz CT molecular complexity index is 1110. The molecule has 0 saturated heterocycles. The minimum Gasteiger partial charge on any atom is -0.493 e. The van der Waals surface area contributed by atoms with Crippen molar-refractivity contribution in [2.24, 2.45) is 0 Å². The van der Waals surface area contributed by atoms with Crippen molar-refractivity contribution in [2.75, 3.05) is 12.4 Å². The van der Waals surface area contributed by atoms with Gasteiger partial charge in [0.2, 0.25) is 5.13 Å². The number of nitrogens with zero attached hydrogens (tertiary/aromatic N) is 4. The van der Waals surface area contributed by atoms with Gasteiger partial charge in [-0.25, -0.2) is 4.98 Å². The van der Waals surface area contributed by atoms with Crippen LogP contribution in [0.15, 0.2) is 29.2 Å². The van der Waals surface area contributed by atoms with Crippen LogP contribution in [0.1, 0.15) is 28.2 Å². The number of hydrogen-bond acceptors (Lipinski definition) is 9. The average molecular weight is 442 g/mol.